The van der Waals surface area contributed by atoms with E-state index in [9.17, 15) is 8.42 Å². The van der Waals surface area contributed by atoms with Gasteiger partial charge in [0.1, 0.15) is 0 Å². The van der Waals surface area contributed by atoms with E-state index in [-0.39, 0.29) is 25.3 Å². The first-order valence-corrected chi connectivity index (χ1v) is 37.8. The Balaban J connectivity index is 0.000000129. The summed E-state index contributed by atoms with van der Waals surface area (Å²) in [7, 11) is -5.33. The van der Waals surface area contributed by atoms with Gasteiger partial charge in [-0.25, -0.2) is 12.4 Å². The molecule has 95 heavy (non-hydrogen) atoms. The fourth-order valence-corrected chi connectivity index (χ4v) is 21.2. The van der Waals surface area contributed by atoms with Gasteiger partial charge in [0.25, 0.3) is 10.0 Å². The molecule has 10 heteroatoms. The molecular formula is C85H70N2O2P4PdS. The van der Waals surface area contributed by atoms with E-state index in [1.54, 1.807) is 54.7 Å². The number of pyridine rings is 1. The van der Waals surface area contributed by atoms with Crippen molar-refractivity contribution in [2.24, 2.45) is 0 Å². The Kier molecular flexibility index (Phi) is 26.4. The maximum absolute atomic E-state index is 12.4. The quantitative estimate of drug-likeness (QED) is 0.0805. The average Bonchev–Trinajstić information content (AvgIpc) is 1.72. The van der Waals surface area contributed by atoms with Crippen molar-refractivity contribution in [1.29, 1.82) is 0 Å². The number of nitrogens with zero attached hydrogens (tertiary/aromatic N) is 2. The van der Waals surface area contributed by atoms with E-state index >= 15 is 0 Å². The van der Waals surface area contributed by atoms with E-state index in [0.29, 0.717) is 11.0 Å². The van der Waals surface area contributed by atoms with Gasteiger partial charge < -0.3 is 0 Å². The fraction of sp³-hybridized carbons (Fsp3) is 0. The average molecular weight is 1410 g/mol. The van der Waals surface area contributed by atoms with Crippen molar-refractivity contribution >= 4 is 116 Å². The van der Waals surface area contributed by atoms with Crippen molar-refractivity contribution in [2.45, 2.75) is 4.90 Å². The summed E-state index contributed by atoms with van der Waals surface area (Å²) in [5, 5.41) is 16.8. The van der Waals surface area contributed by atoms with Crippen molar-refractivity contribution < 1.29 is 28.8 Å². The van der Waals surface area contributed by atoms with Gasteiger partial charge in [-0.3, -0.25) is 4.98 Å². The predicted octanol–water partition coefficient (Wildman–Crippen LogP) is 16.0. The normalized spacial score (nSPS) is 10.7. The molecule has 0 radical (unpaired) electrons. The molecule has 0 spiro atoms. The van der Waals surface area contributed by atoms with Crippen LogP contribution in [0.4, 0.5) is 0 Å². The maximum Gasteiger partial charge on any atom is 0.268 e. The standard InChI is InChI=1S/4C18H15P.C13H10N2O2S.Pd/c4*1-4-10-16(11-5-1)19(17-12-6-2-7-13-17)18-14-8-3-9-15-18;16-18(17,11-5-2-1-3-6-11)15-10-8-12-13(15)7-4-9-14-12;/h4*1-15H;1-10H;. The second-order valence-electron chi connectivity index (χ2n) is 21.2. The molecule has 0 aliphatic carbocycles. The molecule has 0 atom stereocenters. The summed E-state index contributed by atoms with van der Waals surface area (Å²) in [6.45, 7) is 0. The number of aromatic nitrogens is 2. The van der Waals surface area contributed by atoms with Gasteiger partial charge in [-0.05, 0) is 126 Å². The summed E-state index contributed by atoms with van der Waals surface area (Å²) in [5.41, 5.74) is 1.25. The van der Waals surface area contributed by atoms with E-state index in [4.69, 9.17) is 0 Å². The molecule has 0 saturated carbocycles. The largest absolute Gasteiger partial charge is 0.268 e. The minimum atomic E-state index is -3.55. The first-order valence-electron chi connectivity index (χ1n) is 31.0. The number of fused-ring (bicyclic) bond motifs is 1. The number of hydrogen-bond acceptors (Lipinski definition) is 3. The molecule has 0 N–H and O–H groups in total. The third kappa shape index (κ3) is 19.1. The third-order valence-electron chi connectivity index (χ3n) is 14.9. The van der Waals surface area contributed by atoms with E-state index in [1.165, 1.54) is 73.8 Å². The molecule has 2 heterocycles. The van der Waals surface area contributed by atoms with Crippen molar-refractivity contribution in [3.8, 4) is 0 Å². The van der Waals surface area contributed by atoms with E-state index in [2.05, 4.69) is 369 Å². The molecule has 0 saturated heterocycles. The third-order valence-corrected chi connectivity index (χ3v) is 26.4. The topological polar surface area (TPSA) is 52.0 Å². The van der Waals surface area contributed by atoms with E-state index in [0.717, 1.165) is 0 Å². The zero-order valence-electron chi connectivity index (χ0n) is 52.1. The number of hydrogen-bond donors (Lipinski definition) is 0. The molecule has 0 aliphatic rings. The van der Waals surface area contributed by atoms with E-state index < -0.39 is 41.7 Å². The van der Waals surface area contributed by atoms with Crippen molar-refractivity contribution in [2.75, 3.05) is 0 Å². The molecule has 0 bridgehead atoms. The van der Waals surface area contributed by atoms with Crippen LogP contribution < -0.4 is 63.7 Å². The van der Waals surface area contributed by atoms with Crippen molar-refractivity contribution in [3.63, 3.8) is 0 Å². The summed E-state index contributed by atoms with van der Waals surface area (Å²) in [4.78, 5) is 4.39. The van der Waals surface area contributed by atoms with Gasteiger partial charge in [0.15, 0.2) is 0 Å². The van der Waals surface area contributed by atoms with Crippen LogP contribution >= 0.6 is 31.7 Å². The summed E-state index contributed by atoms with van der Waals surface area (Å²) in [6.07, 6.45) is 3.17. The van der Waals surface area contributed by atoms with Crippen LogP contribution in [-0.2, 0) is 30.4 Å². The molecule has 0 unspecified atom stereocenters. The second-order valence-corrected chi connectivity index (χ2v) is 31.9. The molecule has 4 nitrogen and oxygen atoms in total. The number of benzene rings is 13. The zero-order chi connectivity index (χ0) is 64.3. The molecule has 15 aromatic rings. The van der Waals surface area contributed by atoms with Crippen LogP contribution in [0.3, 0.4) is 0 Å². The Hall–Kier alpha value is -9.12. The smallest absolute Gasteiger partial charge is 0.255 e. The molecule has 468 valence electrons. The molecule has 0 aliphatic heterocycles. The first-order chi connectivity index (χ1) is 46.5. The Morgan fingerprint density at radius 2 is 0.400 bits per heavy atom. The minimum Gasteiger partial charge on any atom is -0.255 e. The summed E-state index contributed by atoms with van der Waals surface area (Å²) in [6, 6.07) is 143. The number of rotatable bonds is 14. The SMILES string of the molecule is O=S(=O)(c1ccccc1)n1ccc2ncccc21.[Pd].c1ccc(P(c2ccccc2)c2ccccc2)cc1.c1ccc(P(c2ccccc2)c2ccccc2)cc1.c1ccc(P(c2ccccc2)c2ccccc2)cc1.c1ccc(P(c2ccccc2)c2ccccc2)cc1. The Morgan fingerprint density at radius 1 is 0.221 bits per heavy atom. The molecule has 0 fully saturated rings. The van der Waals surface area contributed by atoms with Crippen LogP contribution in [0.25, 0.3) is 11.0 Å². The van der Waals surface area contributed by atoms with Gasteiger partial charge in [-0.1, -0.05) is 382 Å². The zero-order valence-corrected chi connectivity index (χ0v) is 58.1. The van der Waals surface area contributed by atoms with Gasteiger partial charge >= 0.3 is 0 Å². The Morgan fingerprint density at radius 3 is 0.589 bits per heavy atom. The van der Waals surface area contributed by atoms with Crippen LogP contribution in [-0.4, -0.2) is 17.4 Å². The van der Waals surface area contributed by atoms with Gasteiger partial charge in [-0.2, -0.15) is 0 Å². The van der Waals surface area contributed by atoms with Gasteiger partial charge in [0, 0.05) is 32.8 Å². The summed E-state index contributed by atoms with van der Waals surface area (Å²) in [5.74, 6) is 0. The molecule has 15 rings (SSSR count). The first kappa shape index (κ1) is 68.7. The fourth-order valence-electron chi connectivity index (χ4n) is 10.6. The molecule has 0 amide bonds. The summed E-state index contributed by atoms with van der Waals surface area (Å²) >= 11 is 0. The van der Waals surface area contributed by atoms with Gasteiger partial charge in [0.2, 0.25) is 0 Å². The van der Waals surface area contributed by atoms with Crippen molar-refractivity contribution in [1.82, 2.24) is 8.96 Å². The second kappa shape index (κ2) is 36.5. The Labute approximate surface area is 579 Å². The van der Waals surface area contributed by atoms with Crippen LogP contribution in [0.5, 0.6) is 0 Å². The monoisotopic (exact) mass is 1410 g/mol. The van der Waals surface area contributed by atoms with Crippen LogP contribution in [0, 0.1) is 0 Å². The minimum absolute atomic E-state index is 0. The summed E-state index contributed by atoms with van der Waals surface area (Å²) < 4.78 is 26.1. The molecule has 2 aromatic heterocycles. The van der Waals surface area contributed by atoms with Crippen molar-refractivity contribution in [3.05, 3.63) is 425 Å². The van der Waals surface area contributed by atoms with Crippen LogP contribution in [0.15, 0.2) is 430 Å². The maximum atomic E-state index is 12.4. The Bertz CT molecular complexity index is 3860. The van der Waals surface area contributed by atoms with E-state index in [1.807, 2.05) is 0 Å². The molecular weight excluding hydrogens is 1340 g/mol. The predicted molar refractivity (Wildman–Crippen MR) is 409 cm³/mol. The van der Waals surface area contributed by atoms with Crippen LogP contribution in [0.1, 0.15) is 0 Å². The molecule has 13 aromatic carbocycles. The van der Waals surface area contributed by atoms with Gasteiger partial charge in [0.05, 0.1) is 15.9 Å². The van der Waals surface area contributed by atoms with Crippen LogP contribution in [0.2, 0.25) is 0 Å². The van der Waals surface area contributed by atoms with Gasteiger partial charge in [-0.15, -0.1) is 0 Å².